The fourth-order valence-corrected chi connectivity index (χ4v) is 5.49. The summed E-state index contributed by atoms with van der Waals surface area (Å²) >= 11 is 7.54. The molecule has 0 unspecified atom stereocenters. The molecule has 35 heavy (non-hydrogen) atoms. The Morgan fingerprint density at radius 3 is 2.51 bits per heavy atom. The number of aromatic nitrogens is 2. The molecule has 0 atom stereocenters. The Hall–Kier alpha value is -2.85. The molecule has 182 valence electrons. The van der Waals surface area contributed by atoms with E-state index in [1.54, 1.807) is 0 Å². The van der Waals surface area contributed by atoms with Gasteiger partial charge in [-0.15, -0.1) is 0 Å². The number of fused-ring (bicyclic) bond motifs is 1. The Morgan fingerprint density at radius 1 is 1.06 bits per heavy atom. The van der Waals surface area contributed by atoms with E-state index in [-0.39, 0.29) is 27.3 Å². The van der Waals surface area contributed by atoms with Gasteiger partial charge in [-0.1, -0.05) is 65.8 Å². The number of rotatable bonds is 9. The van der Waals surface area contributed by atoms with Crippen LogP contribution in [0, 0.1) is 0 Å². The lowest BCUT2D eigenvalue weighted by Crippen LogP contribution is -2.22. The number of aryl methyl sites for hydroxylation is 2. The van der Waals surface area contributed by atoms with Crippen molar-refractivity contribution in [3.63, 3.8) is 0 Å². The first kappa shape index (κ1) is 25.2. The molecule has 0 aliphatic carbocycles. The normalized spacial score (nSPS) is 11.8. The van der Waals surface area contributed by atoms with E-state index < -0.39 is 10.0 Å². The topological polar surface area (TPSA) is 84.3 Å². The smallest absolute Gasteiger partial charge is 0.242 e. The number of thioether (sulfide) groups is 1. The summed E-state index contributed by atoms with van der Waals surface area (Å²) in [5.74, 6) is -0.215. The average Bonchev–Trinajstić information content (AvgIpc) is 3.20. The Labute approximate surface area is 214 Å². The summed E-state index contributed by atoms with van der Waals surface area (Å²) in [6.07, 6.45) is 0.837. The fourth-order valence-electron chi connectivity index (χ4n) is 3.55. The number of hydrogen-bond donors (Lipinski definition) is 1. The van der Waals surface area contributed by atoms with Gasteiger partial charge in [0.05, 0.1) is 32.4 Å². The Bertz CT molecular complexity index is 1450. The van der Waals surface area contributed by atoms with Crippen LogP contribution in [0.4, 0.5) is 5.69 Å². The molecule has 0 aliphatic heterocycles. The van der Waals surface area contributed by atoms with Crippen molar-refractivity contribution in [2.45, 2.75) is 23.0 Å². The number of sulfonamides is 1. The number of nitrogens with one attached hydrogen (secondary N) is 1. The van der Waals surface area contributed by atoms with Gasteiger partial charge < -0.3 is 9.88 Å². The molecule has 0 saturated heterocycles. The molecule has 3 aromatic carbocycles. The van der Waals surface area contributed by atoms with Crippen molar-refractivity contribution in [1.29, 1.82) is 0 Å². The molecule has 0 bridgehead atoms. The summed E-state index contributed by atoms with van der Waals surface area (Å²) in [6, 6.07) is 22.3. The highest BCUT2D eigenvalue weighted by Crippen LogP contribution is 2.28. The predicted molar refractivity (Wildman–Crippen MR) is 142 cm³/mol. The molecule has 1 amide bonds. The quantitative estimate of drug-likeness (QED) is 0.312. The zero-order valence-electron chi connectivity index (χ0n) is 19.3. The minimum absolute atomic E-state index is 0.0533. The van der Waals surface area contributed by atoms with Crippen molar-refractivity contribution >= 4 is 56.0 Å². The summed E-state index contributed by atoms with van der Waals surface area (Å²) in [5.41, 5.74) is 3.35. The van der Waals surface area contributed by atoms with Gasteiger partial charge in [-0.2, -0.15) is 0 Å². The minimum atomic E-state index is -3.65. The molecular weight excluding hydrogens is 504 g/mol. The minimum Gasteiger partial charge on any atom is -0.324 e. The number of carbonyl (C=O) groups excluding carboxylic acids is 1. The molecule has 0 saturated carbocycles. The number of hydrogen-bond acceptors (Lipinski definition) is 5. The summed E-state index contributed by atoms with van der Waals surface area (Å²) in [7, 11) is -0.758. The maximum atomic E-state index is 12.8. The molecular formula is C25H25ClN4O3S2. The van der Waals surface area contributed by atoms with Crippen LogP contribution in [-0.4, -0.2) is 48.0 Å². The van der Waals surface area contributed by atoms with Crippen LogP contribution < -0.4 is 5.32 Å². The molecule has 10 heteroatoms. The number of para-hydroxylation sites is 2. The van der Waals surface area contributed by atoms with Crippen molar-refractivity contribution in [3.05, 3.63) is 83.4 Å². The highest BCUT2D eigenvalue weighted by atomic mass is 35.5. The number of benzene rings is 3. The van der Waals surface area contributed by atoms with E-state index in [0.29, 0.717) is 0 Å². The molecule has 1 heterocycles. The SMILES string of the molecule is CN(C)S(=O)(=O)c1ccc(Cl)c(NC(=O)CSc2nc3ccccc3n2CCc2ccccc2)c1. The lowest BCUT2D eigenvalue weighted by atomic mass is 10.1. The summed E-state index contributed by atoms with van der Waals surface area (Å²) in [5, 5.41) is 3.73. The van der Waals surface area contributed by atoms with Gasteiger partial charge in [-0.05, 0) is 42.3 Å². The average molecular weight is 529 g/mol. The molecule has 7 nitrogen and oxygen atoms in total. The van der Waals surface area contributed by atoms with Crippen LogP contribution in [-0.2, 0) is 27.8 Å². The second kappa shape index (κ2) is 10.8. The monoisotopic (exact) mass is 528 g/mol. The number of anilines is 1. The van der Waals surface area contributed by atoms with Crippen molar-refractivity contribution < 1.29 is 13.2 Å². The molecule has 4 aromatic rings. The van der Waals surface area contributed by atoms with E-state index in [9.17, 15) is 13.2 Å². The third-order valence-electron chi connectivity index (χ3n) is 5.41. The van der Waals surface area contributed by atoms with Crippen LogP contribution in [0.1, 0.15) is 5.56 Å². The van der Waals surface area contributed by atoms with E-state index in [0.717, 1.165) is 33.5 Å². The van der Waals surface area contributed by atoms with E-state index in [1.807, 2.05) is 42.5 Å². The van der Waals surface area contributed by atoms with E-state index in [1.165, 1.54) is 49.6 Å². The van der Waals surface area contributed by atoms with E-state index >= 15 is 0 Å². The Balaban J connectivity index is 1.49. The maximum Gasteiger partial charge on any atom is 0.242 e. The number of amides is 1. The second-order valence-corrected chi connectivity index (χ2v) is 11.5. The Morgan fingerprint density at radius 2 is 1.77 bits per heavy atom. The van der Waals surface area contributed by atoms with E-state index in [4.69, 9.17) is 16.6 Å². The standard InChI is InChI=1S/C25H25ClN4O3S2/c1-29(2)35(32,33)19-12-13-20(26)22(16-19)27-24(31)17-34-25-28-21-10-6-7-11-23(21)30(25)15-14-18-8-4-3-5-9-18/h3-13,16H,14-15,17H2,1-2H3,(H,27,31). The number of carbonyl (C=O) groups is 1. The third kappa shape index (κ3) is 5.87. The largest absolute Gasteiger partial charge is 0.324 e. The van der Waals surface area contributed by atoms with Gasteiger partial charge in [0.1, 0.15) is 0 Å². The van der Waals surface area contributed by atoms with Crippen LogP contribution in [0.2, 0.25) is 5.02 Å². The van der Waals surface area contributed by atoms with Crippen LogP contribution >= 0.6 is 23.4 Å². The van der Waals surface area contributed by atoms with Gasteiger partial charge in [0.2, 0.25) is 15.9 Å². The van der Waals surface area contributed by atoms with Crippen LogP contribution in [0.15, 0.2) is 82.8 Å². The second-order valence-electron chi connectivity index (χ2n) is 8.04. The molecule has 0 spiro atoms. The number of imidazole rings is 1. The third-order valence-corrected chi connectivity index (χ3v) is 8.53. The Kier molecular flexibility index (Phi) is 7.81. The highest BCUT2D eigenvalue weighted by Gasteiger charge is 2.19. The maximum absolute atomic E-state index is 12.8. The fraction of sp³-hybridized carbons (Fsp3) is 0.200. The molecule has 1 N–H and O–H groups in total. The van der Waals surface area contributed by atoms with Gasteiger partial charge in [-0.3, -0.25) is 4.79 Å². The molecule has 0 radical (unpaired) electrons. The zero-order chi connectivity index (χ0) is 25.0. The van der Waals surface area contributed by atoms with Gasteiger partial charge >= 0.3 is 0 Å². The van der Waals surface area contributed by atoms with Crippen LogP contribution in [0.25, 0.3) is 11.0 Å². The first-order valence-corrected chi connectivity index (χ1v) is 13.7. The number of halogens is 1. The van der Waals surface area contributed by atoms with Crippen molar-refractivity contribution in [1.82, 2.24) is 13.9 Å². The van der Waals surface area contributed by atoms with Gasteiger partial charge in [0.15, 0.2) is 5.16 Å². The molecule has 1 aromatic heterocycles. The molecule has 4 rings (SSSR count). The predicted octanol–water partition coefficient (Wildman–Crippen LogP) is 4.91. The molecule has 0 aliphatic rings. The first-order chi connectivity index (χ1) is 16.8. The summed E-state index contributed by atoms with van der Waals surface area (Å²) < 4.78 is 28.1. The molecule has 0 fully saturated rings. The van der Waals surface area contributed by atoms with Gasteiger partial charge in [-0.25, -0.2) is 17.7 Å². The number of nitrogens with zero attached hydrogens (tertiary/aromatic N) is 3. The van der Waals surface area contributed by atoms with Crippen LogP contribution in [0.5, 0.6) is 0 Å². The summed E-state index contributed by atoms with van der Waals surface area (Å²) in [6.45, 7) is 0.727. The van der Waals surface area contributed by atoms with Crippen molar-refractivity contribution in [2.24, 2.45) is 0 Å². The van der Waals surface area contributed by atoms with Crippen molar-refractivity contribution in [3.8, 4) is 0 Å². The van der Waals surface area contributed by atoms with Crippen LogP contribution in [0.3, 0.4) is 0 Å². The zero-order valence-corrected chi connectivity index (χ0v) is 21.7. The van der Waals surface area contributed by atoms with Gasteiger partial charge in [0, 0.05) is 20.6 Å². The highest BCUT2D eigenvalue weighted by molar-refractivity contribution is 7.99. The van der Waals surface area contributed by atoms with E-state index in [2.05, 4.69) is 22.0 Å². The van der Waals surface area contributed by atoms with Crippen molar-refractivity contribution in [2.75, 3.05) is 25.2 Å². The lowest BCUT2D eigenvalue weighted by molar-refractivity contribution is -0.113. The van der Waals surface area contributed by atoms with Gasteiger partial charge in [0.25, 0.3) is 0 Å². The summed E-state index contributed by atoms with van der Waals surface area (Å²) in [4.78, 5) is 17.5. The first-order valence-electron chi connectivity index (χ1n) is 10.9. The lowest BCUT2D eigenvalue weighted by Gasteiger charge is -2.14.